The number of benzene rings is 1. The number of nitrogens with zero attached hydrogens (tertiary/aromatic N) is 1. The van der Waals surface area contributed by atoms with Gasteiger partial charge in [0.15, 0.2) is 0 Å². The van der Waals surface area contributed by atoms with E-state index in [4.69, 9.17) is 23.2 Å². The quantitative estimate of drug-likeness (QED) is 0.885. The van der Waals surface area contributed by atoms with Gasteiger partial charge in [0, 0.05) is 29.2 Å². The SMILES string of the molecule is Clc1ccc(CN(CC2CCCNC2)C2CC2)c(Cl)c1. The van der Waals surface area contributed by atoms with Crippen molar-refractivity contribution in [3.63, 3.8) is 0 Å². The molecule has 1 aromatic rings. The Hall–Kier alpha value is -0.280. The van der Waals surface area contributed by atoms with Crippen molar-refractivity contribution in [2.45, 2.75) is 38.3 Å². The molecule has 2 nitrogen and oxygen atoms in total. The van der Waals surface area contributed by atoms with Gasteiger partial charge in [-0.1, -0.05) is 29.3 Å². The van der Waals surface area contributed by atoms with Crippen LogP contribution >= 0.6 is 23.2 Å². The van der Waals surface area contributed by atoms with E-state index in [1.54, 1.807) is 0 Å². The summed E-state index contributed by atoms with van der Waals surface area (Å²) >= 11 is 12.3. The highest BCUT2D eigenvalue weighted by atomic mass is 35.5. The predicted octanol–water partition coefficient (Wildman–Crippen LogP) is 3.96. The van der Waals surface area contributed by atoms with Gasteiger partial charge in [-0.2, -0.15) is 0 Å². The number of piperidine rings is 1. The van der Waals surface area contributed by atoms with Gasteiger partial charge in [0.05, 0.1) is 0 Å². The minimum Gasteiger partial charge on any atom is -0.316 e. The Morgan fingerprint density at radius 3 is 2.70 bits per heavy atom. The third kappa shape index (κ3) is 3.88. The van der Waals surface area contributed by atoms with Gasteiger partial charge in [-0.15, -0.1) is 0 Å². The predicted molar refractivity (Wildman–Crippen MR) is 85.5 cm³/mol. The van der Waals surface area contributed by atoms with Gasteiger partial charge in [0.25, 0.3) is 0 Å². The lowest BCUT2D eigenvalue weighted by Crippen LogP contribution is -2.39. The van der Waals surface area contributed by atoms with Crippen molar-refractivity contribution in [3.8, 4) is 0 Å². The molecule has 1 saturated heterocycles. The molecule has 4 heteroatoms. The first-order chi connectivity index (χ1) is 9.72. The topological polar surface area (TPSA) is 15.3 Å². The van der Waals surface area contributed by atoms with E-state index >= 15 is 0 Å². The van der Waals surface area contributed by atoms with Gasteiger partial charge in [0.2, 0.25) is 0 Å². The Morgan fingerprint density at radius 1 is 1.20 bits per heavy atom. The fourth-order valence-corrected chi connectivity index (χ4v) is 3.53. The summed E-state index contributed by atoms with van der Waals surface area (Å²) in [6, 6.07) is 6.63. The summed E-state index contributed by atoms with van der Waals surface area (Å²) in [5, 5.41) is 5.02. The van der Waals surface area contributed by atoms with Crippen LogP contribution in [0.15, 0.2) is 18.2 Å². The van der Waals surface area contributed by atoms with E-state index in [1.165, 1.54) is 44.3 Å². The monoisotopic (exact) mass is 312 g/mol. The Morgan fingerprint density at radius 2 is 2.05 bits per heavy atom. The highest BCUT2D eigenvalue weighted by molar-refractivity contribution is 6.35. The average Bonchev–Trinajstić information content (AvgIpc) is 3.26. The second-order valence-electron chi connectivity index (χ2n) is 6.11. The van der Waals surface area contributed by atoms with E-state index in [-0.39, 0.29) is 0 Å². The third-order valence-electron chi connectivity index (χ3n) is 4.34. The van der Waals surface area contributed by atoms with Crippen molar-refractivity contribution in [1.29, 1.82) is 0 Å². The molecule has 1 N–H and O–H groups in total. The molecule has 1 saturated carbocycles. The summed E-state index contributed by atoms with van der Waals surface area (Å²) in [7, 11) is 0. The lowest BCUT2D eigenvalue weighted by Gasteiger charge is -2.30. The van der Waals surface area contributed by atoms with E-state index in [1.807, 2.05) is 12.1 Å². The zero-order valence-corrected chi connectivity index (χ0v) is 13.3. The highest BCUT2D eigenvalue weighted by Gasteiger charge is 2.31. The number of halogens is 2. The first-order valence-electron chi connectivity index (χ1n) is 7.61. The van der Waals surface area contributed by atoms with Crippen LogP contribution in [0.4, 0.5) is 0 Å². The Balaban J connectivity index is 1.64. The van der Waals surface area contributed by atoms with Gasteiger partial charge >= 0.3 is 0 Å². The normalized spacial score (nSPS) is 23.2. The summed E-state index contributed by atoms with van der Waals surface area (Å²) in [6.45, 7) is 4.49. The third-order valence-corrected chi connectivity index (χ3v) is 4.93. The molecule has 0 bridgehead atoms. The van der Waals surface area contributed by atoms with Gasteiger partial charge in [-0.05, 0) is 62.4 Å². The molecule has 1 aromatic carbocycles. The number of nitrogens with one attached hydrogen (secondary N) is 1. The summed E-state index contributed by atoms with van der Waals surface area (Å²) in [5.41, 5.74) is 1.20. The molecule has 1 unspecified atom stereocenters. The first kappa shape index (κ1) is 14.6. The van der Waals surface area contributed by atoms with E-state index < -0.39 is 0 Å². The van der Waals surface area contributed by atoms with Crippen LogP contribution < -0.4 is 5.32 Å². The second kappa shape index (κ2) is 6.65. The summed E-state index contributed by atoms with van der Waals surface area (Å²) in [5.74, 6) is 0.787. The van der Waals surface area contributed by atoms with Crippen molar-refractivity contribution in [2.75, 3.05) is 19.6 Å². The standard InChI is InChI=1S/C16H22Cl2N2/c17-14-4-3-13(16(18)8-14)11-20(15-5-6-15)10-12-2-1-7-19-9-12/h3-4,8,12,15,19H,1-2,5-7,9-11H2. The fourth-order valence-electron chi connectivity index (χ4n) is 3.06. The first-order valence-corrected chi connectivity index (χ1v) is 8.36. The largest absolute Gasteiger partial charge is 0.316 e. The fraction of sp³-hybridized carbons (Fsp3) is 0.625. The van der Waals surface area contributed by atoms with Crippen molar-refractivity contribution in [2.24, 2.45) is 5.92 Å². The van der Waals surface area contributed by atoms with Crippen LogP contribution in [0.25, 0.3) is 0 Å². The van der Waals surface area contributed by atoms with Crippen molar-refractivity contribution >= 4 is 23.2 Å². The molecule has 1 aliphatic heterocycles. The number of hydrogen-bond donors (Lipinski definition) is 1. The number of hydrogen-bond acceptors (Lipinski definition) is 2. The lowest BCUT2D eigenvalue weighted by molar-refractivity contribution is 0.193. The number of rotatable bonds is 5. The van der Waals surface area contributed by atoms with E-state index in [0.717, 1.165) is 30.1 Å². The smallest absolute Gasteiger partial charge is 0.0465 e. The molecule has 0 spiro atoms. The van der Waals surface area contributed by atoms with Crippen molar-refractivity contribution in [3.05, 3.63) is 33.8 Å². The van der Waals surface area contributed by atoms with Crippen LogP contribution in [0, 0.1) is 5.92 Å². The molecule has 1 aliphatic carbocycles. The van der Waals surface area contributed by atoms with E-state index in [9.17, 15) is 0 Å². The minimum absolute atomic E-state index is 0.716. The van der Waals surface area contributed by atoms with Crippen LogP contribution in [-0.2, 0) is 6.54 Å². The van der Waals surface area contributed by atoms with Gasteiger partial charge < -0.3 is 5.32 Å². The molecule has 2 fully saturated rings. The van der Waals surface area contributed by atoms with Crippen molar-refractivity contribution in [1.82, 2.24) is 10.2 Å². The summed E-state index contributed by atoms with van der Waals surface area (Å²) < 4.78 is 0. The lowest BCUT2D eigenvalue weighted by atomic mass is 9.98. The molecule has 0 amide bonds. The van der Waals surface area contributed by atoms with Crippen LogP contribution in [0.2, 0.25) is 10.0 Å². The Bertz CT molecular complexity index is 454. The highest BCUT2D eigenvalue weighted by Crippen LogP contribution is 2.31. The molecule has 110 valence electrons. The average molecular weight is 313 g/mol. The van der Waals surface area contributed by atoms with Gasteiger partial charge in [-0.3, -0.25) is 4.90 Å². The van der Waals surface area contributed by atoms with Gasteiger partial charge in [-0.25, -0.2) is 0 Å². The maximum absolute atomic E-state index is 6.32. The zero-order valence-electron chi connectivity index (χ0n) is 11.7. The van der Waals surface area contributed by atoms with E-state index in [2.05, 4.69) is 16.3 Å². The molecule has 2 aliphatic rings. The Kier molecular flexibility index (Phi) is 4.87. The summed E-state index contributed by atoms with van der Waals surface area (Å²) in [6.07, 6.45) is 5.34. The zero-order chi connectivity index (χ0) is 13.9. The Labute approximate surface area is 131 Å². The van der Waals surface area contributed by atoms with Gasteiger partial charge in [0.1, 0.15) is 0 Å². The molecular weight excluding hydrogens is 291 g/mol. The summed E-state index contributed by atoms with van der Waals surface area (Å²) in [4.78, 5) is 2.62. The van der Waals surface area contributed by atoms with Crippen molar-refractivity contribution < 1.29 is 0 Å². The van der Waals surface area contributed by atoms with E-state index in [0.29, 0.717) is 5.02 Å². The molecule has 1 atom stereocenters. The van der Waals surface area contributed by atoms with Crippen LogP contribution in [0.5, 0.6) is 0 Å². The maximum Gasteiger partial charge on any atom is 0.0465 e. The molecular formula is C16H22Cl2N2. The van der Waals surface area contributed by atoms with Crippen LogP contribution in [-0.4, -0.2) is 30.6 Å². The van der Waals surface area contributed by atoms with Crippen LogP contribution in [0.1, 0.15) is 31.2 Å². The maximum atomic E-state index is 6.32. The molecule has 20 heavy (non-hydrogen) atoms. The minimum atomic E-state index is 0.716. The second-order valence-corrected chi connectivity index (χ2v) is 6.95. The van der Waals surface area contributed by atoms with Crippen LogP contribution in [0.3, 0.4) is 0 Å². The molecule has 0 radical (unpaired) electrons. The molecule has 1 heterocycles. The molecule has 3 rings (SSSR count). The molecule has 0 aromatic heterocycles.